The molecule has 2 aromatic rings. The van der Waals surface area contributed by atoms with E-state index in [-0.39, 0.29) is 17.8 Å². The van der Waals surface area contributed by atoms with Crippen molar-refractivity contribution in [2.24, 2.45) is 0 Å². The van der Waals surface area contributed by atoms with E-state index in [4.69, 9.17) is 0 Å². The highest BCUT2D eigenvalue weighted by Gasteiger charge is 2.11. The lowest BCUT2D eigenvalue weighted by Crippen LogP contribution is -2.15. The Hall–Kier alpha value is -2.62. The summed E-state index contributed by atoms with van der Waals surface area (Å²) in [6, 6.07) is 18.0. The number of ether oxygens (including phenoxy) is 1. The number of nitrogens with one attached hydrogen (secondary N) is 1. The van der Waals surface area contributed by atoms with Crippen LogP contribution in [0, 0.1) is 6.92 Å². The predicted molar refractivity (Wildman–Crippen MR) is 102 cm³/mol. The molecule has 0 heterocycles. The van der Waals surface area contributed by atoms with E-state index in [1.807, 2.05) is 49.4 Å². The first kappa shape index (κ1) is 20.4. The van der Waals surface area contributed by atoms with E-state index in [0.717, 1.165) is 11.3 Å². The molecule has 4 nitrogen and oxygen atoms in total. The van der Waals surface area contributed by atoms with Crippen LogP contribution in [0.1, 0.15) is 44.2 Å². The van der Waals surface area contributed by atoms with Crippen LogP contribution in [0.2, 0.25) is 0 Å². The molecule has 0 aliphatic heterocycles. The summed E-state index contributed by atoms with van der Waals surface area (Å²) in [5.41, 5.74) is 3.18. The van der Waals surface area contributed by atoms with Gasteiger partial charge in [0.1, 0.15) is 0 Å². The molecule has 1 amide bonds. The lowest BCUT2D eigenvalue weighted by Gasteiger charge is -2.13. The van der Waals surface area contributed by atoms with Crippen LogP contribution >= 0.6 is 0 Å². The highest BCUT2D eigenvalue weighted by Crippen LogP contribution is 2.20. The second kappa shape index (κ2) is 11.0. The van der Waals surface area contributed by atoms with Gasteiger partial charge < -0.3 is 10.1 Å². The van der Waals surface area contributed by atoms with Crippen molar-refractivity contribution in [1.29, 1.82) is 0 Å². The molecule has 0 aliphatic rings. The van der Waals surface area contributed by atoms with E-state index in [2.05, 4.69) is 29.1 Å². The smallest absolute Gasteiger partial charge is 0.302 e. The molecule has 2 rings (SSSR count). The van der Waals surface area contributed by atoms with E-state index >= 15 is 0 Å². The van der Waals surface area contributed by atoms with E-state index in [9.17, 15) is 9.59 Å². The largest absolute Gasteiger partial charge is 0.466 e. The number of anilines is 1. The summed E-state index contributed by atoms with van der Waals surface area (Å²) in [5.74, 6) is 0.0772. The van der Waals surface area contributed by atoms with Gasteiger partial charge in [-0.25, -0.2) is 0 Å². The summed E-state index contributed by atoms with van der Waals surface area (Å²) in [6.07, 6.45) is 0.498. The average Bonchev–Trinajstić information content (AvgIpc) is 2.58. The first-order valence-corrected chi connectivity index (χ1v) is 8.47. The average molecular weight is 341 g/mol. The van der Waals surface area contributed by atoms with Gasteiger partial charge in [-0.05, 0) is 37.0 Å². The number of carbonyl (C=O) groups excluding carboxylic acids is 2. The topological polar surface area (TPSA) is 55.4 Å². The Bertz CT molecular complexity index is 668. The first-order valence-electron chi connectivity index (χ1n) is 8.47. The summed E-state index contributed by atoms with van der Waals surface area (Å²) < 4.78 is 4.40. The minimum atomic E-state index is -0.211. The number of carbonyl (C=O) groups is 2. The Kier molecular flexibility index (Phi) is 9.01. The fourth-order valence-electron chi connectivity index (χ4n) is 2.30. The van der Waals surface area contributed by atoms with Crippen LogP contribution in [0.3, 0.4) is 0 Å². The van der Waals surface area contributed by atoms with E-state index < -0.39 is 0 Å². The van der Waals surface area contributed by atoms with Gasteiger partial charge in [0.2, 0.25) is 5.91 Å². The van der Waals surface area contributed by atoms with Crippen molar-refractivity contribution < 1.29 is 14.3 Å². The van der Waals surface area contributed by atoms with Crippen LogP contribution in [-0.4, -0.2) is 18.5 Å². The highest BCUT2D eigenvalue weighted by atomic mass is 16.5. The Morgan fingerprint density at radius 1 is 1.04 bits per heavy atom. The lowest BCUT2D eigenvalue weighted by atomic mass is 9.97. The van der Waals surface area contributed by atoms with Crippen molar-refractivity contribution in [2.75, 3.05) is 11.9 Å². The second-order valence-electron chi connectivity index (χ2n) is 5.80. The monoisotopic (exact) mass is 341 g/mol. The molecule has 2 aromatic carbocycles. The van der Waals surface area contributed by atoms with Crippen molar-refractivity contribution in [1.82, 2.24) is 0 Å². The molecule has 25 heavy (non-hydrogen) atoms. The molecule has 4 heteroatoms. The summed E-state index contributed by atoms with van der Waals surface area (Å²) in [4.78, 5) is 21.9. The Morgan fingerprint density at radius 2 is 1.64 bits per heavy atom. The molecule has 0 aliphatic carbocycles. The normalized spacial score (nSPS) is 10.9. The third-order valence-corrected chi connectivity index (χ3v) is 3.63. The van der Waals surface area contributed by atoms with Crippen molar-refractivity contribution >= 4 is 17.6 Å². The van der Waals surface area contributed by atoms with Gasteiger partial charge in [0.15, 0.2) is 0 Å². The number of aryl methyl sites for hydroxylation is 1. The lowest BCUT2D eigenvalue weighted by molar-refractivity contribution is -0.140. The van der Waals surface area contributed by atoms with Crippen LogP contribution < -0.4 is 5.32 Å². The standard InChI is InChI=1S/C17H19NO.C4H8O2/c1-13-8-6-7-11-16(13)18-17(19)12-14(2)15-9-4-3-5-10-15;1-3-6-4(2)5/h3-11,14H,12H2,1-2H3,(H,18,19);3H2,1-2H3. The summed E-state index contributed by atoms with van der Waals surface area (Å²) in [5, 5.41) is 2.97. The molecule has 0 spiro atoms. The molecule has 1 N–H and O–H groups in total. The van der Waals surface area contributed by atoms with Crippen LogP contribution in [0.5, 0.6) is 0 Å². The summed E-state index contributed by atoms with van der Waals surface area (Å²) >= 11 is 0. The van der Waals surface area contributed by atoms with Crippen LogP contribution in [-0.2, 0) is 14.3 Å². The fourth-order valence-corrected chi connectivity index (χ4v) is 2.30. The Morgan fingerprint density at radius 3 is 2.16 bits per heavy atom. The molecule has 0 bridgehead atoms. The van der Waals surface area contributed by atoms with Crippen LogP contribution in [0.15, 0.2) is 54.6 Å². The molecule has 0 fully saturated rings. The zero-order valence-electron chi connectivity index (χ0n) is 15.4. The van der Waals surface area contributed by atoms with Gasteiger partial charge in [-0.2, -0.15) is 0 Å². The van der Waals surface area contributed by atoms with Crippen LogP contribution in [0.4, 0.5) is 5.69 Å². The second-order valence-corrected chi connectivity index (χ2v) is 5.80. The molecular formula is C21H27NO3. The van der Waals surface area contributed by atoms with Gasteiger partial charge in [-0.15, -0.1) is 0 Å². The summed E-state index contributed by atoms with van der Waals surface area (Å²) in [6.45, 7) is 7.73. The molecule has 0 aromatic heterocycles. The van der Waals surface area contributed by atoms with Gasteiger partial charge in [0, 0.05) is 19.0 Å². The zero-order valence-corrected chi connectivity index (χ0v) is 15.4. The number of rotatable bonds is 5. The molecule has 134 valence electrons. The van der Waals surface area contributed by atoms with Crippen molar-refractivity contribution in [3.63, 3.8) is 0 Å². The third kappa shape index (κ3) is 8.15. The number of para-hydroxylation sites is 1. The van der Waals surface area contributed by atoms with E-state index in [1.165, 1.54) is 12.5 Å². The SMILES string of the molecule is CCOC(C)=O.Cc1ccccc1NC(=O)CC(C)c1ccccc1. The van der Waals surface area contributed by atoms with Gasteiger partial charge >= 0.3 is 5.97 Å². The number of amides is 1. The zero-order chi connectivity index (χ0) is 18.7. The molecule has 0 radical (unpaired) electrons. The first-order chi connectivity index (χ1) is 11.9. The highest BCUT2D eigenvalue weighted by molar-refractivity contribution is 5.91. The third-order valence-electron chi connectivity index (χ3n) is 3.63. The molecule has 0 saturated heterocycles. The van der Waals surface area contributed by atoms with Gasteiger partial charge in [-0.3, -0.25) is 9.59 Å². The number of hydrogen-bond acceptors (Lipinski definition) is 3. The minimum Gasteiger partial charge on any atom is -0.466 e. The van der Waals surface area contributed by atoms with Crippen molar-refractivity contribution in [3.05, 3.63) is 65.7 Å². The number of hydrogen-bond donors (Lipinski definition) is 1. The maximum atomic E-state index is 12.0. The van der Waals surface area contributed by atoms with E-state index in [1.54, 1.807) is 6.92 Å². The molecular weight excluding hydrogens is 314 g/mol. The maximum Gasteiger partial charge on any atom is 0.302 e. The van der Waals surface area contributed by atoms with Gasteiger partial charge in [0.25, 0.3) is 0 Å². The maximum absolute atomic E-state index is 12.0. The van der Waals surface area contributed by atoms with Crippen molar-refractivity contribution in [2.45, 2.75) is 40.0 Å². The fraction of sp³-hybridized carbons (Fsp3) is 0.333. The van der Waals surface area contributed by atoms with Gasteiger partial charge in [0.05, 0.1) is 6.61 Å². The summed E-state index contributed by atoms with van der Waals surface area (Å²) in [7, 11) is 0. The van der Waals surface area contributed by atoms with Gasteiger partial charge in [-0.1, -0.05) is 55.5 Å². The molecule has 1 unspecified atom stereocenters. The minimum absolute atomic E-state index is 0.0608. The number of benzene rings is 2. The molecule has 1 atom stereocenters. The molecule has 0 saturated carbocycles. The Balaban J connectivity index is 0.000000450. The Labute approximate surface area is 150 Å². The quantitative estimate of drug-likeness (QED) is 0.802. The predicted octanol–water partition coefficient (Wildman–Crippen LogP) is 4.70. The van der Waals surface area contributed by atoms with Crippen LogP contribution in [0.25, 0.3) is 0 Å². The number of esters is 1. The van der Waals surface area contributed by atoms with Crippen molar-refractivity contribution in [3.8, 4) is 0 Å². The van der Waals surface area contributed by atoms with E-state index in [0.29, 0.717) is 13.0 Å².